The van der Waals surface area contributed by atoms with Crippen LogP contribution in [0.1, 0.15) is 0 Å². The van der Waals surface area contributed by atoms with Crippen molar-refractivity contribution in [1.82, 2.24) is 0 Å². The van der Waals surface area contributed by atoms with Crippen molar-refractivity contribution in [3.05, 3.63) is 52.5 Å². The van der Waals surface area contributed by atoms with Crippen LogP contribution in [0.2, 0.25) is 10.0 Å². The number of hydrogen-bond acceptors (Lipinski definition) is 2. The smallest absolute Gasteiger partial charge is 0.175 e. The molecule has 0 radical (unpaired) electrons. The van der Waals surface area contributed by atoms with E-state index in [0.717, 1.165) is 5.69 Å². The molecule has 0 bridgehead atoms. The Labute approximate surface area is 132 Å². The molecule has 0 atom stereocenters. The third-order valence-electron chi connectivity index (χ3n) is 2.51. The predicted molar refractivity (Wildman–Crippen MR) is 89.3 cm³/mol. The highest BCUT2D eigenvalue weighted by atomic mass is 35.5. The van der Waals surface area contributed by atoms with Gasteiger partial charge >= 0.3 is 0 Å². The maximum atomic E-state index is 5.96. The van der Waals surface area contributed by atoms with Crippen LogP contribution in [0.25, 0.3) is 0 Å². The minimum absolute atomic E-state index is 0.438. The van der Waals surface area contributed by atoms with Crippen LogP contribution in [0.15, 0.2) is 42.5 Å². The lowest BCUT2D eigenvalue weighted by Gasteiger charge is -2.13. The Morgan fingerprint density at radius 3 is 2.30 bits per heavy atom. The molecule has 3 nitrogen and oxygen atoms in total. The van der Waals surface area contributed by atoms with Crippen LogP contribution in [-0.2, 0) is 0 Å². The number of benzene rings is 2. The highest BCUT2D eigenvalue weighted by Gasteiger charge is 2.06. The largest absolute Gasteiger partial charge is 0.495 e. The molecule has 0 unspecified atom stereocenters. The summed E-state index contributed by atoms with van der Waals surface area (Å²) in [5.41, 5.74) is 1.54. The fourth-order valence-corrected chi connectivity index (χ4v) is 2.12. The summed E-state index contributed by atoms with van der Waals surface area (Å²) in [6.45, 7) is 0. The number of ether oxygens (including phenoxy) is 1. The fraction of sp³-hybridized carbons (Fsp3) is 0.0714. The number of thiocarbonyl (C=S) groups is 1. The Morgan fingerprint density at radius 2 is 1.65 bits per heavy atom. The Balaban J connectivity index is 2.08. The van der Waals surface area contributed by atoms with E-state index in [1.54, 1.807) is 37.4 Å². The number of rotatable bonds is 3. The zero-order valence-electron chi connectivity index (χ0n) is 10.6. The van der Waals surface area contributed by atoms with E-state index >= 15 is 0 Å². The van der Waals surface area contributed by atoms with Gasteiger partial charge in [0, 0.05) is 15.7 Å². The highest BCUT2D eigenvalue weighted by Crippen LogP contribution is 2.27. The summed E-state index contributed by atoms with van der Waals surface area (Å²) in [5, 5.41) is 7.80. The molecule has 0 heterocycles. The van der Waals surface area contributed by atoms with Crippen molar-refractivity contribution < 1.29 is 4.74 Å². The summed E-state index contributed by atoms with van der Waals surface area (Å²) in [5.74, 6) is 0.662. The van der Waals surface area contributed by atoms with E-state index in [2.05, 4.69) is 10.6 Å². The third-order valence-corrected chi connectivity index (χ3v) is 3.20. The van der Waals surface area contributed by atoms with Gasteiger partial charge in [0.1, 0.15) is 5.75 Å². The van der Waals surface area contributed by atoms with Crippen molar-refractivity contribution >= 4 is 51.9 Å². The zero-order valence-corrected chi connectivity index (χ0v) is 12.9. The predicted octanol–water partition coefficient (Wildman–Crippen LogP) is 4.81. The van der Waals surface area contributed by atoms with E-state index in [-0.39, 0.29) is 0 Å². The van der Waals surface area contributed by atoms with Gasteiger partial charge in [-0.25, -0.2) is 0 Å². The number of hydrogen-bond donors (Lipinski definition) is 2. The topological polar surface area (TPSA) is 33.3 Å². The van der Waals surface area contributed by atoms with Crippen LogP contribution in [0.4, 0.5) is 11.4 Å². The number of anilines is 2. The Kier molecular flexibility index (Phi) is 5.06. The molecule has 0 amide bonds. The highest BCUT2D eigenvalue weighted by molar-refractivity contribution is 7.80. The Morgan fingerprint density at radius 1 is 1.00 bits per heavy atom. The van der Waals surface area contributed by atoms with Crippen molar-refractivity contribution in [1.29, 1.82) is 0 Å². The van der Waals surface area contributed by atoms with Crippen LogP contribution < -0.4 is 15.4 Å². The average molecular weight is 327 g/mol. The molecule has 0 fully saturated rings. The second-order valence-corrected chi connectivity index (χ2v) is 5.21. The van der Waals surface area contributed by atoms with E-state index in [1.165, 1.54) is 0 Å². The average Bonchev–Trinajstić information content (AvgIpc) is 2.41. The first-order valence-corrected chi connectivity index (χ1v) is 6.92. The molecular formula is C14H12Cl2N2OS. The van der Waals surface area contributed by atoms with Crippen molar-refractivity contribution in [2.24, 2.45) is 0 Å². The minimum Gasteiger partial charge on any atom is -0.495 e. The normalized spacial score (nSPS) is 9.95. The molecule has 2 aromatic rings. The van der Waals surface area contributed by atoms with Crippen molar-refractivity contribution in [3.63, 3.8) is 0 Å². The molecule has 20 heavy (non-hydrogen) atoms. The molecule has 0 aliphatic heterocycles. The molecule has 2 rings (SSSR count). The number of methoxy groups -OCH3 is 1. The zero-order chi connectivity index (χ0) is 14.5. The van der Waals surface area contributed by atoms with Gasteiger partial charge in [0.2, 0.25) is 0 Å². The van der Waals surface area contributed by atoms with Gasteiger partial charge in [-0.1, -0.05) is 23.2 Å². The lowest BCUT2D eigenvalue weighted by molar-refractivity contribution is 0.417. The quantitative estimate of drug-likeness (QED) is 0.793. The summed E-state index contributed by atoms with van der Waals surface area (Å²) in [7, 11) is 1.59. The SMILES string of the molecule is COc1ccc(Cl)cc1NC(=S)Nc1ccc(Cl)cc1. The molecule has 0 aliphatic rings. The van der Waals surface area contributed by atoms with E-state index < -0.39 is 0 Å². The monoisotopic (exact) mass is 326 g/mol. The van der Waals surface area contributed by atoms with Gasteiger partial charge in [-0.05, 0) is 54.7 Å². The third kappa shape index (κ3) is 4.00. The molecule has 0 saturated heterocycles. The molecule has 2 N–H and O–H groups in total. The maximum absolute atomic E-state index is 5.96. The van der Waals surface area contributed by atoms with Gasteiger partial charge in [-0.15, -0.1) is 0 Å². The van der Waals surface area contributed by atoms with Gasteiger partial charge < -0.3 is 15.4 Å². The van der Waals surface area contributed by atoms with E-state index in [9.17, 15) is 0 Å². The molecule has 0 saturated carbocycles. The standard InChI is InChI=1S/C14H12Cl2N2OS/c1-19-13-7-4-10(16)8-12(13)18-14(20)17-11-5-2-9(15)3-6-11/h2-8H,1H3,(H2,17,18,20). The second-order valence-electron chi connectivity index (χ2n) is 3.93. The summed E-state index contributed by atoms with van der Waals surface area (Å²) in [6.07, 6.45) is 0. The lowest BCUT2D eigenvalue weighted by Crippen LogP contribution is -2.19. The van der Waals surface area contributed by atoms with Gasteiger partial charge in [0.05, 0.1) is 12.8 Å². The van der Waals surface area contributed by atoms with Crippen molar-refractivity contribution in [2.75, 3.05) is 17.7 Å². The summed E-state index contributed by atoms with van der Waals surface area (Å²) in [4.78, 5) is 0. The Hall–Kier alpha value is -1.49. The maximum Gasteiger partial charge on any atom is 0.175 e. The first-order chi connectivity index (χ1) is 9.58. The number of halogens is 2. The van der Waals surface area contributed by atoms with Gasteiger partial charge in [0.15, 0.2) is 5.11 Å². The van der Waals surface area contributed by atoms with Crippen LogP contribution in [0.3, 0.4) is 0 Å². The van der Waals surface area contributed by atoms with Crippen LogP contribution in [0.5, 0.6) is 5.75 Å². The molecule has 0 spiro atoms. The fourth-order valence-electron chi connectivity index (χ4n) is 1.60. The lowest BCUT2D eigenvalue weighted by atomic mass is 10.3. The van der Waals surface area contributed by atoms with Crippen LogP contribution >= 0.6 is 35.4 Å². The van der Waals surface area contributed by atoms with Crippen LogP contribution in [0, 0.1) is 0 Å². The van der Waals surface area contributed by atoms with Crippen molar-refractivity contribution in [3.8, 4) is 5.75 Å². The van der Waals surface area contributed by atoms with Crippen LogP contribution in [-0.4, -0.2) is 12.2 Å². The molecule has 0 aromatic heterocycles. The van der Waals surface area contributed by atoms with E-state index in [4.69, 9.17) is 40.2 Å². The Bertz CT molecular complexity index is 617. The molecule has 104 valence electrons. The molecule has 2 aromatic carbocycles. The summed E-state index contributed by atoms with van der Waals surface area (Å²) >= 11 is 17.0. The van der Waals surface area contributed by atoms with Gasteiger partial charge in [-0.2, -0.15) is 0 Å². The van der Waals surface area contributed by atoms with Gasteiger partial charge in [-0.3, -0.25) is 0 Å². The summed E-state index contributed by atoms with van der Waals surface area (Å²) < 4.78 is 5.24. The second kappa shape index (κ2) is 6.79. The first-order valence-electron chi connectivity index (χ1n) is 5.75. The molecular weight excluding hydrogens is 315 g/mol. The van der Waals surface area contributed by atoms with Gasteiger partial charge in [0.25, 0.3) is 0 Å². The minimum atomic E-state index is 0.438. The van der Waals surface area contributed by atoms with E-state index in [0.29, 0.717) is 26.6 Å². The molecule has 6 heteroatoms. The van der Waals surface area contributed by atoms with Crippen molar-refractivity contribution in [2.45, 2.75) is 0 Å². The first kappa shape index (κ1) is 14.9. The molecule has 0 aliphatic carbocycles. The number of nitrogens with one attached hydrogen (secondary N) is 2. The van der Waals surface area contributed by atoms with E-state index in [1.807, 2.05) is 12.1 Å². The summed E-state index contributed by atoms with van der Waals surface area (Å²) in [6, 6.07) is 12.5.